The average Bonchev–Trinajstić information content (AvgIpc) is 3.27. The first-order valence-electron chi connectivity index (χ1n) is 15.5. The Labute approximate surface area is 265 Å². The van der Waals surface area contributed by atoms with Gasteiger partial charge in [0, 0.05) is 25.5 Å². The van der Waals surface area contributed by atoms with Crippen LogP contribution in [0.25, 0.3) is 0 Å². The molecule has 3 rings (SSSR count). The van der Waals surface area contributed by atoms with Gasteiger partial charge in [-0.3, -0.25) is 19.6 Å². The minimum Gasteiger partial charge on any atom is -0.455 e. The summed E-state index contributed by atoms with van der Waals surface area (Å²) in [5.74, 6) is -3.57. The van der Waals surface area contributed by atoms with Crippen molar-refractivity contribution in [3.8, 4) is 0 Å². The Bertz CT molecular complexity index is 1200. The molecule has 1 aliphatic heterocycles. The summed E-state index contributed by atoms with van der Waals surface area (Å²) in [6.07, 6.45) is 5.94. The quantitative estimate of drug-likeness (QED) is 0.0356. The summed E-state index contributed by atoms with van der Waals surface area (Å²) >= 11 is 0. The number of carbonyl (C=O) groups excluding carboxylic acids is 3. The average molecular weight is 633 g/mol. The monoisotopic (exact) mass is 632 g/mol. The number of hydrogen-bond acceptors (Lipinski definition) is 11. The van der Waals surface area contributed by atoms with E-state index in [1.54, 1.807) is 19.1 Å². The number of hydrogen-bond donors (Lipinski definition) is 3. The molecule has 0 amide bonds. The fourth-order valence-corrected chi connectivity index (χ4v) is 7.27. The van der Waals surface area contributed by atoms with Crippen molar-refractivity contribution in [2.75, 3.05) is 0 Å². The minimum atomic E-state index is -1.61. The molecular weight excluding hydrogens is 584 g/mol. The van der Waals surface area contributed by atoms with E-state index in [4.69, 9.17) is 23.8 Å². The van der Waals surface area contributed by atoms with Crippen LogP contribution < -0.4 is 0 Å². The van der Waals surface area contributed by atoms with Crippen LogP contribution in [0.5, 0.6) is 0 Å². The number of aliphatic hydroxyl groups excluding tert-OH is 2. The fraction of sp³-hybridized carbons (Fsp3) is 0.618. The van der Waals surface area contributed by atoms with Gasteiger partial charge in [0.25, 0.3) is 0 Å². The Morgan fingerprint density at radius 2 is 1.82 bits per heavy atom. The standard InChI is InChI=1S/C34H48O11/c1-8-10-11-12-13-14-15-16-28(38)43-30-29(39)21(4)33(7,19-26(45-40)20(3)9-2)27-18-24(37)17-25-31(41-22(5)35)44-32(34(25,27)30)42-23(6)36/h9,13-17,21,24,26-27,29-32,37,39-40H,2-3,8,10-12,18-19H2,1,4-7H3/b14-13+,16-15-/t21-,24+,26-,27+,29-,30-,31+,32-,33-,34-/m1/s1. The molecule has 250 valence electrons. The Balaban J connectivity index is 2.18. The summed E-state index contributed by atoms with van der Waals surface area (Å²) in [6, 6.07) is 0. The molecule has 1 saturated heterocycles. The molecule has 0 bridgehead atoms. The number of carbonyl (C=O) groups is 3. The van der Waals surface area contributed by atoms with Gasteiger partial charge in [0.05, 0.1) is 12.2 Å². The normalized spacial score (nSPS) is 34.8. The number of ether oxygens (including phenoxy) is 4. The van der Waals surface area contributed by atoms with Gasteiger partial charge in [-0.25, -0.2) is 9.68 Å². The van der Waals surface area contributed by atoms with Gasteiger partial charge >= 0.3 is 17.9 Å². The van der Waals surface area contributed by atoms with Crippen LogP contribution in [0.1, 0.15) is 73.1 Å². The predicted molar refractivity (Wildman–Crippen MR) is 164 cm³/mol. The molecule has 3 N–H and O–H groups in total. The highest BCUT2D eigenvalue weighted by atomic mass is 17.1. The Kier molecular flexibility index (Phi) is 12.5. The van der Waals surface area contributed by atoms with Gasteiger partial charge in [-0.2, -0.15) is 0 Å². The van der Waals surface area contributed by atoms with E-state index in [0.29, 0.717) is 5.57 Å². The number of rotatable bonds is 14. The Hall–Kier alpha value is -3.09. The highest BCUT2D eigenvalue weighted by Gasteiger charge is 2.75. The smallest absolute Gasteiger partial charge is 0.331 e. The van der Waals surface area contributed by atoms with Crippen LogP contribution in [0.4, 0.5) is 0 Å². The topological polar surface area (TPSA) is 158 Å². The SMILES string of the molecule is C=CC(=C)[C@@H](C[C@]1(C)[C@H](C)[C@@H](O)[C@@H](OC(=O)/C=C\C=C\CCCCC)[C@@]23C(=C[C@H](O)C[C@@H]12)[C@@H](OC(C)=O)O[C@H]3OC(C)=O)OO. The van der Waals surface area contributed by atoms with E-state index in [-0.39, 0.29) is 18.4 Å². The molecule has 2 aliphatic carbocycles. The zero-order chi connectivity index (χ0) is 33.5. The van der Waals surface area contributed by atoms with Crippen molar-refractivity contribution < 1.29 is 53.7 Å². The minimum absolute atomic E-state index is 0.0636. The van der Waals surface area contributed by atoms with Crippen molar-refractivity contribution >= 4 is 17.9 Å². The summed E-state index contributed by atoms with van der Waals surface area (Å²) in [5, 5.41) is 33.0. The number of esters is 3. The molecule has 0 unspecified atom stereocenters. The van der Waals surface area contributed by atoms with Crippen LogP contribution in [0.15, 0.2) is 60.8 Å². The van der Waals surface area contributed by atoms with E-state index in [1.807, 2.05) is 13.0 Å². The lowest BCUT2D eigenvalue weighted by Crippen LogP contribution is -2.69. The van der Waals surface area contributed by atoms with E-state index in [9.17, 15) is 29.9 Å². The summed E-state index contributed by atoms with van der Waals surface area (Å²) in [6.45, 7) is 15.7. The molecule has 0 aromatic carbocycles. The van der Waals surface area contributed by atoms with E-state index in [1.165, 1.54) is 32.1 Å². The van der Waals surface area contributed by atoms with Crippen LogP contribution in [0, 0.1) is 22.7 Å². The Morgan fingerprint density at radius 1 is 1.13 bits per heavy atom. The summed E-state index contributed by atoms with van der Waals surface area (Å²) < 4.78 is 23.3. The zero-order valence-electron chi connectivity index (χ0n) is 26.8. The first-order chi connectivity index (χ1) is 21.3. The highest BCUT2D eigenvalue weighted by molar-refractivity contribution is 5.82. The summed E-state index contributed by atoms with van der Waals surface area (Å²) in [5.41, 5.74) is -2.04. The lowest BCUT2D eigenvalue weighted by atomic mass is 9.44. The third kappa shape index (κ3) is 7.49. The Morgan fingerprint density at radius 3 is 2.42 bits per heavy atom. The van der Waals surface area contributed by atoms with E-state index < -0.39 is 77.6 Å². The molecule has 11 nitrogen and oxygen atoms in total. The molecular formula is C34H48O11. The van der Waals surface area contributed by atoms with Crippen molar-refractivity contribution in [3.05, 3.63) is 60.8 Å². The van der Waals surface area contributed by atoms with Gasteiger partial charge in [0.15, 0.2) is 0 Å². The van der Waals surface area contributed by atoms with Crippen LogP contribution in [-0.2, 0) is 38.2 Å². The summed E-state index contributed by atoms with van der Waals surface area (Å²) in [4.78, 5) is 42.7. The molecule has 0 aromatic heterocycles. The molecule has 10 atom stereocenters. The van der Waals surface area contributed by atoms with Gasteiger partial charge in [-0.05, 0) is 54.6 Å². The summed E-state index contributed by atoms with van der Waals surface area (Å²) in [7, 11) is 0. The van der Waals surface area contributed by atoms with Crippen LogP contribution in [-0.4, -0.2) is 70.4 Å². The third-order valence-corrected chi connectivity index (χ3v) is 9.62. The lowest BCUT2D eigenvalue weighted by molar-refractivity contribution is -0.298. The van der Waals surface area contributed by atoms with E-state index in [0.717, 1.165) is 25.7 Å². The molecule has 0 radical (unpaired) electrons. The molecule has 45 heavy (non-hydrogen) atoms. The highest BCUT2D eigenvalue weighted by Crippen LogP contribution is 2.68. The lowest BCUT2D eigenvalue weighted by Gasteiger charge is -2.62. The predicted octanol–water partition coefficient (Wildman–Crippen LogP) is 4.70. The van der Waals surface area contributed by atoms with Crippen molar-refractivity contribution in [3.63, 3.8) is 0 Å². The van der Waals surface area contributed by atoms with Gasteiger partial charge in [-0.1, -0.05) is 71.1 Å². The molecule has 1 spiro atoms. The van der Waals surface area contributed by atoms with Crippen LogP contribution in [0.3, 0.4) is 0 Å². The van der Waals surface area contributed by atoms with Crippen LogP contribution >= 0.6 is 0 Å². The second-order valence-electron chi connectivity index (χ2n) is 12.4. The van der Waals surface area contributed by atoms with E-state index >= 15 is 0 Å². The van der Waals surface area contributed by atoms with Gasteiger partial charge in [0.2, 0.25) is 12.6 Å². The second-order valence-corrected chi connectivity index (χ2v) is 12.4. The van der Waals surface area contributed by atoms with E-state index in [2.05, 4.69) is 20.1 Å². The number of aliphatic hydroxyl groups is 2. The largest absolute Gasteiger partial charge is 0.455 e. The van der Waals surface area contributed by atoms with Crippen LogP contribution in [0.2, 0.25) is 0 Å². The van der Waals surface area contributed by atoms with Crippen molar-refractivity contribution in [1.29, 1.82) is 0 Å². The molecule has 1 heterocycles. The maximum atomic E-state index is 13.3. The van der Waals surface area contributed by atoms with Crippen molar-refractivity contribution in [2.24, 2.45) is 22.7 Å². The van der Waals surface area contributed by atoms with Gasteiger partial charge in [-0.15, -0.1) is 0 Å². The molecule has 3 aliphatic rings. The fourth-order valence-electron chi connectivity index (χ4n) is 7.27. The molecule has 11 heteroatoms. The number of unbranched alkanes of at least 4 members (excludes halogenated alkanes) is 3. The third-order valence-electron chi connectivity index (χ3n) is 9.62. The first-order valence-corrected chi connectivity index (χ1v) is 15.5. The molecule has 1 saturated carbocycles. The van der Waals surface area contributed by atoms with Gasteiger partial charge in [0.1, 0.15) is 17.6 Å². The van der Waals surface area contributed by atoms with Crippen molar-refractivity contribution in [1.82, 2.24) is 0 Å². The zero-order valence-corrected chi connectivity index (χ0v) is 26.8. The molecule has 0 aromatic rings. The molecule has 2 fully saturated rings. The van der Waals surface area contributed by atoms with Crippen molar-refractivity contribution in [2.45, 2.75) is 110 Å². The second kappa shape index (κ2) is 15.5. The number of allylic oxidation sites excluding steroid dienone is 3. The maximum absolute atomic E-state index is 13.3. The maximum Gasteiger partial charge on any atom is 0.331 e. The van der Waals surface area contributed by atoms with Gasteiger partial charge < -0.3 is 24.4 Å². The first kappa shape index (κ1) is 36.4.